The van der Waals surface area contributed by atoms with E-state index in [0.717, 1.165) is 39.1 Å². The van der Waals surface area contributed by atoms with E-state index < -0.39 is 0 Å². The van der Waals surface area contributed by atoms with Crippen molar-refractivity contribution in [2.24, 2.45) is 5.73 Å². The van der Waals surface area contributed by atoms with Crippen LogP contribution in [0.5, 0.6) is 0 Å². The summed E-state index contributed by atoms with van der Waals surface area (Å²) in [5.74, 6) is 0. The van der Waals surface area contributed by atoms with Crippen LogP contribution >= 0.6 is 0 Å². The van der Waals surface area contributed by atoms with Crippen LogP contribution in [0.4, 0.5) is 0 Å². The van der Waals surface area contributed by atoms with Gasteiger partial charge < -0.3 is 19.9 Å². The van der Waals surface area contributed by atoms with Gasteiger partial charge in [-0.2, -0.15) is 0 Å². The van der Waals surface area contributed by atoms with E-state index in [9.17, 15) is 0 Å². The molecule has 1 fully saturated rings. The Hall–Kier alpha value is -0.160. The van der Waals surface area contributed by atoms with Crippen LogP contribution in [0.3, 0.4) is 0 Å². The summed E-state index contributed by atoms with van der Waals surface area (Å²) in [4.78, 5) is 0. The maximum Gasteiger partial charge on any atom is 0.0895 e. The molecule has 0 spiro atoms. The van der Waals surface area contributed by atoms with Crippen LogP contribution in [0.1, 0.15) is 26.2 Å². The van der Waals surface area contributed by atoms with Crippen molar-refractivity contribution < 1.29 is 14.2 Å². The molecular formula is C11H23NO3. The molecular weight excluding hydrogens is 194 g/mol. The average molecular weight is 217 g/mol. The molecule has 4 nitrogen and oxygen atoms in total. The third-order valence-corrected chi connectivity index (χ3v) is 3.07. The van der Waals surface area contributed by atoms with Gasteiger partial charge in [0.15, 0.2) is 0 Å². The van der Waals surface area contributed by atoms with Crippen LogP contribution in [0.2, 0.25) is 0 Å². The van der Waals surface area contributed by atoms with Gasteiger partial charge in [-0.1, -0.05) is 6.92 Å². The summed E-state index contributed by atoms with van der Waals surface area (Å²) in [5, 5.41) is 0. The van der Waals surface area contributed by atoms with Crippen molar-refractivity contribution in [2.75, 3.05) is 33.5 Å². The van der Waals surface area contributed by atoms with E-state index in [1.807, 2.05) is 0 Å². The van der Waals surface area contributed by atoms with Gasteiger partial charge in [0.25, 0.3) is 0 Å². The summed E-state index contributed by atoms with van der Waals surface area (Å²) < 4.78 is 16.4. The second-order valence-corrected chi connectivity index (χ2v) is 4.06. The van der Waals surface area contributed by atoms with Crippen molar-refractivity contribution in [1.82, 2.24) is 0 Å². The van der Waals surface area contributed by atoms with Gasteiger partial charge in [-0.15, -0.1) is 0 Å². The third-order valence-electron chi connectivity index (χ3n) is 3.07. The summed E-state index contributed by atoms with van der Waals surface area (Å²) >= 11 is 0. The fourth-order valence-corrected chi connectivity index (χ4v) is 1.95. The van der Waals surface area contributed by atoms with E-state index in [1.165, 1.54) is 0 Å². The molecule has 0 aliphatic carbocycles. The van der Waals surface area contributed by atoms with Crippen molar-refractivity contribution in [3.05, 3.63) is 0 Å². The molecule has 1 aliphatic rings. The van der Waals surface area contributed by atoms with Crippen LogP contribution in [0.25, 0.3) is 0 Å². The molecule has 0 bridgehead atoms. The lowest BCUT2D eigenvalue weighted by molar-refractivity contribution is -0.115. The predicted octanol–water partition coefficient (Wildman–Crippen LogP) is 0.936. The normalized spacial score (nSPS) is 22.6. The zero-order valence-corrected chi connectivity index (χ0v) is 9.83. The monoisotopic (exact) mass is 217 g/mol. The molecule has 1 saturated heterocycles. The Kier molecular flexibility index (Phi) is 5.53. The van der Waals surface area contributed by atoms with Crippen LogP contribution in [0.15, 0.2) is 0 Å². The van der Waals surface area contributed by atoms with Crippen LogP contribution in [-0.4, -0.2) is 45.2 Å². The SMILES string of the molecule is CCCOCC(N)C1(OC)CCOCC1. The Balaban J connectivity index is 2.40. The molecule has 1 atom stereocenters. The van der Waals surface area contributed by atoms with E-state index in [2.05, 4.69) is 6.92 Å². The smallest absolute Gasteiger partial charge is 0.0895 e. The number of methoxy groups -OCH3 is 1. The first kappa shape index (κ1) is 12.9. The summed E-state index contributed by atoms with van der Waals surface area (Å²) in [6.07, 6.45) is 2.75. The van der Waals surface area contributed by atoms with Crippen molar-refractivity contribution in [1.29, 1.82) is 0 Å². The Bertz CT molecular complexity index is 169. The molecule has 0 aromatic carbocycles. The Morgan fingerprint density at radius 2 is 2.07 bits per heavy atom. The molecule has 0 saturated carbocycles. The summed E-state index contributed by atoms with van der Waals surface area (Å²) in [7, 11) is 1.73. The highest BCUT2D eigenvalue weighted by Crippen LogP contribution is 2.27. The summed E-state index contributed by atoms with van der Waals surface area (Å²) in [6.45, 7) is 4.89. The van der Waals surface area contributed by atoms with Gasteiger partial charge in [0.2, 0.25) is 0 Å². The molecule has 1 unspecified atom stereocenters. The lowest BCUT2D eigenvalue weighted by atomic mass is 9.87. The first-order valence-corrected chi connectivity index (χ1v) is 5.71. The maximum absolute atomic E-state index is 6.13. The number of hydrogen-bond donors (Lipinski definition) is 1. The van der Waals surface area contributed by atoms with Gasteiger partial charge in [0.05, 0.1) is 18.2 Å². The Morgan fingerprint density at radius 1 is 1.40 bits per heavy atom. The van der Waals surface area contributed by atoms with Crippen molar-refractivity contribution in [3.8, 4) is 0 Å². The largest absolute Gasteiger partial charge is 0.381 e. The van der Waals surface area contributed by atoms with Crippen molar-refractivity contribution >= 4 is 0 Å². The molecule has 1 heterocycles. The number of hydrogen-bond acceptors (Lipinski definition) is 4. The highest BCUT2D eigenvalue weighted by molar-refractivity contribution is 4.93. The topological polar surface area (TPSA) is 53.7 Å². The molecule has 4 heteroatoms. The van der Waals surface area contributed by atoms with E-state index in [4.69, 9.17) is 19.9 Å². The number of rotatable bonds is 6. The minimum atomic E-state index is -0.244. The lowest BCUT2D eigenvalue weighted by Crippen LogP contribution is -2.55. The highest BCUT2D eigenvalue weighted by Gasteiger charge is 2.38. The highest BCUT2D eigenvalue weighted by atomic mass is 16.5. The zero-order chi connectivity index (χ0) is 11.1. The maximum atomic E-state index is 6.13. The molecule has 0 amide bonds. The molecule has 0 radical (unpaired) electrons. The summed E-state index contributed by atoms with van der Waals surface area (Å²) in [6, 6.07) is -0.0575. The predicted molar refractivity (Wildman–Crippen MR) is 58.9 cm³/mol. The molecule has 90 valence electrons. The van der Waals surface area contributed by atoms with E-state index in [0.29, 0.717) is 6.61 Å². The number of ether oxygens (including phenoxy) is 3. The second kappa shape index (κ2) is 6.43. The molecule has 0 aromatic rings. The second-order valence-electron chi connectivity index (χ2n) is 4.06. The van der Waals surface area contributed by atoms with Crippen LogP contribution in [0, 0.1) is 0 Å². The minimum Gasteiger partial charge on any atom is -0.381 e. The van der Waals surface area contributed by atoms with Crippen molar-refractivity contribution in [3.63, 3.8) is 0 Å². The fraction of sp³-hybridized carbons (Fsp3) is 1.00. The van der Waals surface area contributed by atoms with Gasteiger partial charge in [-0.25, -0.2) is 0 Å². The quantitative estimate of drug-likeness (QED) is 0.673. The van der Waals surface area contributed by atoms with E-state index in [-0.39, 0.29) is 11.6 Å². The lowest BCUT2D eigenvalue weighted by Gasteiger charge is -2.40. The molecule has 2 N–H and O–H groups in total. The first-order valence-electron chi connectivity index (χ1n) is 5.71. The molecule has 0 aromatic heterocycles. The molecule has 1 rings (SSSR count). The average Bonchev–Trinajstić information content (AvgIpc) is 2.30. The van der Waals surface area contributed by atoms with Gasteiger partial charge in [0.1, 0.15) is 0 Å². The Labute approximate surface area is 92.1 Å². The fourth-order valence-electron chi connectivity index (χ4n) is 1.95. The first-order chi connectivity index (χ1) is 7.25. The van der Waals surface area contributed by atoms with Gasteiger partial charge >= 0.3 is 0 Å². The van der Waals surface area contributed by atoms with E-state index in [1.54, 1.807) is 7.11 Å². The standard InChI is InChI=1S/C11H23NO3/c1-3-6-15-9-10(12)11(13-2)4-7-14-8-5-11/h10H,3-9,12H2,1-2H3. The van der Waals surface area contributed by atoms with Gasteiger partial charge in [-0.3, -0.25) is 0 Å². The van der Waals surface area contributed by atoms with Crippen molar-refractivity contribution in [2.45, 2.75) is 37.8 Å². The molecule has 15 heavy (non-hydrogen) atoms. The number of nitrogens with two attached hydrogens (primary N) is 1. The van der Waals surface area contributed by atoms with Crippen LogP contribution < -0.4 is 5.73 Å². The third kappa shape index (κ3) is 3.41. The minimum absolute atomic E-state index is 0.0575. The Morgan fingerprint density at radius 3 is 2.60 bits per heavy atom. The zero-order valence-electron chi connectivity index (χ0n) is 9.83. The van der Waals surface area contributed by atoms with Gasteiger partial charge in [-0.05, 0) is 6.42 Å². The van der Waals surface area contributed by atoms with Crippen LogP contribution in [-0.2, 0) is 14.2 Å². The van der Waals surface area contributed by atoms with E-state index >= 15 is 0 Å². The summed E-state index contributed by atoms with van der Waals surface area (Å²) in [5.41, 5.74) is 5.89. The molecule has 1 aliphatic heterocycles. The van der Waals surface area contributed by atoms with Gasteiger partial charge in [0, 0.05) is 39.8 Å².